The third kappa shape index (κ3) is 6.78. The summed E-state index contributed by atoms with van der Waals surface area (Å²) in [5, 5.41) is 0.681. The van der Waals surface area contributed by atoms with E-state index in [0.29, 0.717) is 60.9 Å². The lowest BCUT2D eigenvalue weighted by atomic mass is 10.1. The van der Waals surface area contributed by atoms with Crippen molar-refractivity contribution in [3.63, 3.8) is 0 Å². The van der Waals surface area contributed by atoms with Crippen molar-refractivity contribution in [2.75, 3.05) is 51.9 Å². The van der Waals surface area contributed by atoms with Crippen molar-refractivity contribution in [1.82, 2.24) is 9.88 Å². The number of likely N-dealkylation sites (N-methyl/N-ethyl adjacent to an activating group) is 1. The number of aryl methyl sites for hydroxylation is 2. The van der Waals surface area contributed by atoms with Crippen molar-refractivity contribution in [2.24, 2.45) is 0 Å². The summed E-state index contributed by atoms with van der Waals surface area (Å²) in [6.45, 7) is 12.4. The maximum absolute atomic E-state index is 13.9. The first-order chi connectivity index (χ1) is 16.3. The second-order valence-corrected chi connectivity index (χ2v) is 9.29. The van der Waals surface area contributed by atoms with Gasteiger partial charge >= 0.3 is 0 Å². The van der Waals surface area contributed by atoms with Gasteiger partial charge in [-0.05, 0) is 78.0 Å². The van der Waals surface area contributed by atoms with Crippen molar-refractivity contribution < 1.29 is 19.0 Å². The van der Waals surface area contributed by atoms with E-state index in [1.165, 1.54) is 16.9 Å². The number of carbonyl (C=O) groups excluding carboxylic acids is 1. The molecule has 0 saturated carbocycles. The summed E-state index contributed by atoms with van der Waals surface area (Å²) >= 11 is 1.54. The molecule has 3 rings (SSSR count). The lowest BCUT2D eigenvalue weighted by Gasteiger charge is -2.23. The van der Waals surface area contributed by atoms with Crippen LogP contribution in [0.15, 0.2) is 24.3 Å². The van der Waals surface area contributed by atoms with Crippen molar-refractivity contribution in [3.8, 4) is 17.2 Å². The molecule has 0 radical (unpaired) electrons. The Balaban J connectivity index is 0.00000432. The molecule has 1 aromatic heterocycles. The highest BCUT2D eigenvalue weighted by Crippen LogP contribution is 2.40. The summed E-state index contributed by atoms with van der Waals surface area (Å²) in [7, 11) is 3.98. The van der Waals surface area contributed by atoms with Crippen LogP contribution in [0.4, 0.5) is 5.13 Å². The summed E-state index contributed by atoms with van der Waals surface area (Å²) < 4.78 is 18.5. The van der Waals surface area contributed by atoms with Crippen LogP contribution in [-0.4, -0.2) is 62.8 Å². The number of fused-ring (bicyclic) bond motifs is 1. The van der Waals surface area contributed by atoms with E-state index in [9.17, 15) is 4.79 Å². The van der Waals surface area contributed by atoms with Gasteiger partial charge in [-0.1, -0.05) is 17.4 Å². The molecule has 3 aromatic rings. The minimum atomic E-state index is -0.153. The van der Waals surface area contributed by atoms with Crippen molar-refractivity contribution in [1.29, 1.82) is 0 Å². The molecule has 0 unspecified atom stereocenters. The number of hydrogen-bond donors (Lipinski definition) is 0. The van der Waals surface area contributed by atoms with Gasteiger partial charge in [-0.25, -0.2) is 4.98 Å². The average Bonchev–Trinajstić information content (AvgIpc) is 3.20. The number of amides is 1. The number of nitrogens with zero attached hydrogens (tertiary/aromatic N) is 3. The molecule has 1 heterocycles. The maximum Gasteiger partial charge on any atom is 0.260 e. The van der Waals surface area contributed by atoms with Gasteiger partial charge in [-0.2, -0.15) is 0 Å². The van der Waals surface area contributed by atoms with E-state index in [4.69, 9.17) is 19.2 Å². The van der Waals surface area contributed by atoms with Gasteiger partial charge < -0.3 is 19.1 Å². The molecule has 0 N–H and O–H groups in total. The fraction of sp³-hybridized carbons (Fsp3) is 0.462. The Morgan fingerprint density at radius 3 is 2.06 bits per heavy atom. The van der Waals surface area contributed by atoms with E-state index in [1.807, 2.05) is 34.9 Å². The van der Waals surface area contributed by atoms with Crippen LogP contribution in [0, 0.1) is 13.8 Å². The summed E-state index contributed by atoms with van der Waals surface area (Å²) in [5.74, 6) is 1.37. The van der Waals surface area contributed by atoms with Crippen LogP contribution in [0.1, 0.15) is 42.3 Å². The van der Waals surface area contributed by atoms with Gasteiger partial charge in [0, 0.05) is 18.7 Å². The van der Waals surface area contributed by atoms with E-state index in [2.05, 4.69) is 30.9 Å². The lowest BCUT2D eigenvalue weighted by Crippen LogP contribution is -2.36. The molecular formula is C26H36ClN3O4S. The molecule has 1 amide bonds. The quantitative estimate of drug-likeness (QED) is 0.320. The molecule has 0 aliphatic rings. The Morgan fingerprint density at radius 2 is 1.51 bits per heavy atom. The first-order valence-electron chi connectivity index (χ1n) is 11.7. The zero-order valence-corrected chi connectivity index (χ0v) is 23.3. The Kier molecular flexibility index (Phi) is 10.6. The standard InChI is InChI=1S/C26H35N3O4S.ClH/c1-8-31-20-15-19(16-21(32-9-2)24(20)33-10-3)25(30)29(12-11-28(6)7)26-27-23-18(5)13-17(4)14-22(23)34-26;/h13-16H,8-12H2,1-7H3;1H. The number of carbonyl (C=O) groups is 1. The first-order valence-corrected chi connectivity index (χ1v) is 12.5. The molecule has 192 valence electrons. The van der Waals surface area contributed by atoms with Crippen molar-refractivity contribution in [3.05, 3.63) is 41.0 Å². The first kappa shape index (κ1) is 28.7. The third-order valence-electron chi connectivity index (χ3n) is 5.22. The van der Waals surface area contributed by atoms with Crippen LogP contribution in [-0.2, 0) is 0 Å². The minimum absolute atomic E-state index is 0. The number of halogens is 1. The third-order valence-corrected chi connectivity index (χ3v) is 6.25. The second-order valence-electron chi connectivity index (χ2n) is 8.29. The molecular weight excluding hydrogens is 486 g/mol. The molecule has 7 nitrogen and oxygen atoms in total. The number of anilines is 1. The molecule has 0 atom stereocenters. The normalized spacial score (nSPS) is 10.9. The van der Waals surface area contributed by atoms with E-state index < -0.39 is 0 Å². The lowest BCUT2D eigenvalue weighted by molar-refractivity contribution is 0.0984. The van der Waals surface area contributed by atoms with E-state index >= 15 is 0 Å². The van der Waals surface area contributed by atoms with E-state index in [0.717, 1.165) is 15.8 Å². The predicted octanol–water partition coefficient (Wildman–Crippen LogP) is 5.74. The fourth-order valence-corrected chi connectivity index (χ4v) is 4.89. The Morgan fingerprint density at radius 1 is 0.914 bits per heavy atom. The van der Waals surface area contributed by atoms with Gasteiger partial charge in [-0.3, -0.25) is 9.69 Å². The molecule has 0 aliphatic heterocycles. The average molecular weight is 522 g/mol. The second kappa shape index (κ2) is 13.0. The summed E-state index contributed by atoms with van der Waals surface area (Å²) in [6, 6.07) is 7.72. The molecule has 0 aliphatic carbocycles. The number of aromatic nitrogens is 1. The van der Waals surface area contributed by atoms with Crippen LogP contribution in [0.5, 0.6) is 17.2 Å². The highest BCUT2D eigenvalue weighted by atomic mass is 35.5. The van der Waals surface area contributed by atoms with Crippen LogP contribution in [0.25, 0.3) is 10.2 Å². The zero-order valence-electron chi connectivity index (χ0n) is 21.6. The number of hydrogen-bond acceptors (Lipinski definition) is 7. The van der Waals surface area contributed by atoms with Crippen molar-refractivity contribution >= 4 is 45.0 Å². The number of ether oxygens (including phenoxy) is 3. The molecule has 35 heavy (non-hydrogen) atoms. The minimum Gasteiger partial charge on any atom is -0.490 e. The van der Waals surface area contributed by atoms with E-state index in [-0.39, 0.29) is 18.3 Å². The van der Waals surface area contributed by atoms with Crippen molar-refractivity contribution in [2.45, 2.75) is 34.6 Å². The highest BCUT2D eigenvalue weighted by Gasteiger charge is 2.25. The van der Waals surface area contributed by atoms with Gasteiger partial charge in [0.1, 0.15) is 0 Å². The van der Waals surface area contributed by atoms with E-state index in [1.54, 1.807) is 17.0 Å². The summed E-state index contributed by atoms with van der Waals surface area (Å²) in [4.78, 5) is 22.6. The maximum atomic E-state index is 13.9. The monoisotopic (exact) mass is 521 g/mol. The number of rotatable bonds is 11. The number of thiazole rings is 1. The van der Waals surface area contributed by atoms with Crippen LogP contribution in [0.3, 0.4) is 0 Å². The van der Waals surface area contributed by atoms with Gasteiger partial charge in [0.05, 0.1) is 30.0 Å². The zero-order chi connectivity index (χ0) is 24.8. The Labute approximate surface area is 218 Å². The van der Waals surface area contributed by atoms with Crippen LogP contribution >= 0.6 is 23.7 Å². The molecule has 0 bridgehead atoms. The molecule has 2 aromatic carbocycles. The highest BCUT2D eigenvalue weighted by molar-refractivity contribution is 7.22. The fourth-order valence-electron chi connectivity index (χ4n) is 3.73. The summed E-state index contributed by atoms with van der Waals surface area (Å²) in [6.07, 6.45) is 0. The largest absolute Gasteiger partial charge is 0.490 e. The molecule has 0 spiro atoms. The van der Waals surface area contributed by atoms with Gasteiger partial charge in [0.15, 0.2) is 16.6 Å². The smallest absolute Gasteiger partial charge is 0.260 e. The molecule has 0 saturated heterocycles. The topological polar surface area (TPSA) is 64.1 Å². The Hall–Kier alpha value is -2.55. The van der Waals surface area contributed by atoms with Crippen LogP contribution in [0.2, 0.25) is 0 Å². The SMILES string of the molecule is CCOc1cc(C(=O)N(CCN(C)C)c2nc3c(C)cc(C)cc3s2)cc(OCC)c1OCC.Cl. The predicted molar refractivity (Wildman–Crippen MR) is 147 cm³/mol. The summed E-state index contributed by atoms with van der Waals surface area (Å²) in [5.41, 5.74) is 3.70. The van der Waals surface area contributed by atoms with Crippen LogP contribution < -0.4 is 19.1 Å². The Bertz CT molecular complexity index is 1120. The molecule has 9 heteroatoms. The van der Waals surface area contributed by atoms with Gasteiger partial charge in [0.25, 0.3) is 5.91 Å². The van der Waals surface area contributed by atoms with Gasteiger partial charge in [0.2, 0.25) is 5.75 Å². The van der Waals surface area contributed by atoms with Gasteiger partial charge in [-0.15, -0.1) is 12.4 Å². The number of benzene rings is 2. The molecule has 0 fully saturated rings.